The molecule has 0 amide bonds. The van der Waals surface area contributed by atoms with Crippen molar-refractivity contribution < 1.29 is 0 Å². The molecule has 19 heavy (non-hydrogen) atoms. The molecule has 2 rings (SSSR count). The first-order chi connectivity index (χ1) is 9.35. The maximum absolute atomic E-state index is 4.50. The van der Waals surface area contributed by atoms with Gasteiger partial charge in [-0.05, 0) is 37.9 Å². The molecule has 0 saturated heterocycles. The molecule has 1 unspecified atom stereocenters. The Morgan fingerprint density at radius 2 is 2.21 bits per heavy atom. The van der Waals surface area contributed by atoms with E-state index in [4.69, 9.17) is 0 Å². The predicted octanol–water partition coefficient (Wildman–Crippen LogP) is 2.58. The molecular formula is C15H22N4. The van der Waals surface area contributed by atoms with Crippen LogP contribution in [-0.2, 0) is 13.0 Å². The summed E-state index contributed by atoms with van der Waals surface area (Å²) in [5.41, 5.74) is 1.28. The van der Waals surface area contributed by atoms with E-state index in [1.807, 2.05) is 30.9 Å². The molecule has 0 aliphatic heterocycles. The SMILES string of the molecule is CCNC(CCc1cccnc1)c1nccn1CC. The quantitative estimate of drug-likeness (QED) is 0.830. The van der Waals surface area contributed by atoms with Gasteiger partial charge in [0.05, 0.1) is 6.04 Å². The number of nitrogens with one attached hydrogen (secondary N) is 1. The third-order valence-electron chi connectivity index (χ3n) is 3.30. The Morgan fingerprint density at radius 1 is 1.32 bits per heavy atom. The highest BCUT2D eigenvalue weighted by molar-refractivity contribution is 5.10. The van der Waals surface area contributed by atoms with Gasteiger partial charge in [0, 0.05) is 31.3 Å². The highest BCUT2D eigenvalue weighted by Crippen LogP contribution is 2.17. The average molecular weight is 258 g/mol. The van der Waals surface area contributed by atoms with Crippen LogP contribution in [0, 0.1) is 0 Å². The second-order valence-electron chi connectivity index (χ2n) is 4.58. The van der Waals surface area contributed by atoms with Crippen molar-refractivity contribution in [1.82, 2.24) is 19.9 Å². The molecule has 2 aromatic heterocycles. The van der Waals surface area contributed by atoms with Gasteiger partial charge in [0.25, 0.3) is 0 Å². The van der Waals surface area contributed by atoms with Crippen LogP contribution in [0.1, 0.15) is 37.7 Å². The second kappa shape index (κ2) is 7.04. The third kappa shape index (κ3) is 3.64. The van der Waals surface area contributed by atoms with E-state index in [1.54, 1.807) is 0 Å². The molecule has 0 saturated carbocycles. The van der Waals surface area contributed by atoms with Gasteiger partial charge in [0.2, 0.25) is 0 Å². The van der Waals surface area contributed by atoms with Gasteiger partial charge < -0.3 is 9.88 Å². The molecule has 0 bridgehead atoms. The lowest BCUT2D eigenvalue weighted by Crippen LogP contribution is -2.24. The molecule has 1 atom stereocenters. The Kier molecular flexibility index (Phi) is 5.10. The first kappa shape index (κ1) is 13.7. The molecule has 0 aliphatic rings. The predicted molar refractivity (Wildman–Crippen MR) is 76.9 cm³/mol. The first-order valence-corrected chi connectivity index (χ1v) is 6.98. The van der Waals surface area contributed by atoms with Crippen molar-refractivity contribution in [3.8, 4) is 0 Å². The summed E-state index contributed by atoms with van der Waals surface area (Å²) in [6, 6.07) is 4.42. The van der Waals surface area contributed by atoms with Crippen molar-refractivity contribution in [1.29, 1.82) is 0 Å². The number of nitrogens with zero attached hydrogens (tertiary/aromatic N) is 3. The van der Waals surface area contributed by atoms with Gasteiger partial charge in [-0.3, -0.25) is 4.98 Å². The number of hydrogen-bond acceptors (Lipinski definition) is 3. The minimum atomic E-state index is 0.306. The molecule has 0 spiro atoms. The van der Waals surface area contributed by atoms with Gasteiger partial charge in [0.1, 0.15) is 5.82 Å². The van der Waals surface area contributed by atoms with Crippen molar-refractivity contribution >= 4 is 0 Å². The van der Waals surface area contributed by atoms with Gasteiger partial charge in [-0.1, -0.05) is 13.0 Å². The summed E-state index contributed by atoms with van der Waals surface area (Å²) in [4.78, 5) is 8.67. The van der Waals surface area contributed by atoms with Gasteiger partial charge in [-0.25, -0.2) is 4.98 Å². The Labute approximate surface area is 114 Å². The fraction of sp³-hybridized carbons (Fsp3) is 0.467. The highest BCUT2D eigenvalue weighted by Gasteiger charge is 2.15. The molecule has 0 aliphatic carbocycles. The Hall–Kier alpha value is -1.68. The molecule has 4 heteroatoms. The summed E-state index contributed by atoms with van der Waals surface area (Å²) >= 11 is 0. The standard InChI is InChI=1S/C15H22N4/c1-3-17-14(15-18-10-11-19(15)4-2)8-7-13-6-5-9-16-12-13/h5-6,9-12,14,17H,3-4,7-8H2,1-2H3. The smallest absolute Gasteiger partial charge is 0.125 e. The fourth-order valence-electron chi connectivity index (χ4n) is 2.32. The van der Waals surface area contributed by atoms with Gasteiger partial charge in [-0.15, -0.1) is 0 Å². The van der Waals surface area contributed by atoms with Crippen molar-refractivity contribution in [2.75, 3.05) is 6.54 Å². The number of rotatable bonds is 7. The summed E-state index contributed by atoms with van der Waals surface area (Å²) in [5.74, 6) is 1.13. The minimum absolute atomic E-state index is 0.306. The number of aromatic nitrogens is 3. The third-order valence-corrected chi connectivity index (χ3v) is 3.30. The van der Waals surface area contributed by atoms with Gasteiger partial charge in [-0.2, -0.15) is 0 Å². The van der Waals surface area contributed by atoms with Crippen LogP contribution >= 0.6 is 0 Å². The van der Waals surface area contributed by atoms with Crippen molar-refractivity contribution in [2.45, 2.75) is 39.3 Å². The van der Waals surface area contributed by atoms with Crippen LogP contribution in [0.3, 0.4) is 0 Å². The van der Waals surface area contributed by atoms with Crippen molar-refractivity contribution in [3.05, 3.63) is 48.3 Å². The Morgan fingerprint density at radius 3 is 2.89 bits per heavy atom. The van der Waals surface area contributed by atoms with Crippen molar-refractivity contribution in [3.63, 3.8) is 0 Å². The number of pyridine rings is 1. The monoisotopic (exact) mass is 258 g/mol. The van der Waals surface area contributed by atoms with E-state index in [1.165, 1.54) is 5.56 Å². The van der Waals surface area contributed by atoms with Crippen LogP contribution in [0.4, 0.5) is 0 Å². The maximum Gasteiger partial charge on any atom is 0.125 e. The van der Waals surface area contributed by atoms with E-state index in [0.717, 1.165) is 31.8 Å². The maximum atomic E-state index is 4.50. The Bertz CT molecular complexity index is 478. The van der Waals surface area contributed by atoms with Gasteiger partial charge in [0.15, 0.2) is 0 Å². The molecule has 2 heterocycles. The molecule has 0 radical (unpaired) electrons. The minimum Gasteiger partial charge on any atom is -0.334 e. The van der Waals surface area contributed by atoms with Gasteiger partial charge >= 0.3 is 0 Å². The van der Waals surface area contributed by atoms with Crippen LogP contribution < -0.4 is 5.32 Å². The van der Waals surface area contributed by atoms with E-state index >= 15 is 0 Å². The first-order valence-electron chi connectivity index (χ1n) is 6.98. The van der Waals surface area contributed by atoms with E-state index < -0.39 is 0 Å². The normalized spacial score (nSPS) is 12.5. The zero-order chi connectivity index (χ0) is 13.5. The topological polar surface area (TPSA) is 42.7 Å². The molecule has 0 aromatic carbocycles. The van der Waals surface area contributed by atoms with E-state index in [0.29, 0.717) is 6.04 Å². The number of aryl methyl sites for hydroxylation is 2. The summed E-state index contributed by atoms with van der Waals surface area (Å²) in [6.45, 7) is 6.20. The Balaban J connectivity index is 2.04. The molecule has 1 N–H and O–H groups in total. The largest absolute Gasteiger partial charge is 0.334 e. The number of hydrogen-bond donors (Lipinski definition) is 1. The van der Waals surface area contributed by atoms with E-state index in [9.17, 15) is 0 Å². The van der Waals surface area contributed by atoms with E-state index in [2.05, 4.69) is 39.8 Å². The molecule has 2 aromatic rings. The lowest BCUT2D eigenvalue weighted by atomic mass is 10.1. The number of imidazole rings is 1. The zero-order valence-electron chi connectivity index (χ0n) is 11.7. The van der Waals surface area contributed by atoms with Crippen molar-refractivity contribution in [2.24, 2.45) is 0 Å². The van der Waals surface area contributed by atoms with Crippen LogP contribution in [0.15, 0.2) is 36.9 Å². The zero-order valence-corrected chi connectivity index (χ0v) is 11.7. The summed E-state index contributed by atoms with van der Waals surface area (Å²) in [5, 5.41) is 3.53. The lowest BCUT2D eigenvalue weighted by Gasteiger charge is -2.18. The molecule has 4 nitrogen and oxygen atoms in total. The molecule has 102 valence electrons. The second-order valence-corrected chi connectivity index (χ2v) is 4.58. The van der Waals surface area contributed by atoms with Crippen LogP contribution in [0.25, 0.3) is 0 Å². The highest BCUT2D eigenvalue weighted by atomic mass is 15.1. The van der Waals surface area contributed by atoms with Crippen LogP contribution in [0.2, 0.25) is 0 Å². The summed E-state index contributed by atoms with van der Waals surface area (Å²) in [7, 11) is 0. The van der Waals surface area contributed by atoms with Crippen LogP contribution in [0.5, 0.6) is 0 Å². The lowest BCUT2D eigenvalue weighted by molar-refractivity contribution is 0.469. The molecule has 0 fully saturated rings. The summed E-state index contributed by atoms with van der Waals surface area (Å²) < 4.78 is 2.20. The van der Waals surface area contributed by atoms with E-state index in [-0.39, 0.29) is 0 Å². The molecular weight excluding hydrogens is 236 g/mol. The average Bonchev–Trinajstić information content (AvgIpc) is 2.93. The summed E-state index contributed by atoms with van der Waals surface area (Å²) in [6.07, 6.45) is 9.74. The fourth-order valence-corrected chi connectivity index (χ4v) is 2.32. The van der Waals surface area contributed by atoms with Crippen LogP contribution in [-0.4, -0.2) is 21.1 Å².